The maximum atomic E-state index is 12.2. The normalized spacial score (nSPS) is 14.1. The van der Waals surface area contributed by atoms with Crippen LogP contribution in [0.3, 0.4) is 0 Å². The molecule has 0 aliphatic carbocycles. The van der Waals surface area contributed by atoms with Crippen molar-refractivity contribution in [2.24, 2.45) is 5.73 Å². The second kappa shape index (κ2) is 3.57. The number of halogens is 3. The molecule has 1 rings (SSSR count). The second-order valence-electron chi connectivity index (χ2n) is 3.21. The number of rotatable bonds is 1. The molecule has 2 nitrogen and oxygen atoms in total. The Balaban J connectivity index is 3.13. The van der Waals surface area contributed by atoms with Crippen LogP contribution in [0.5, 0.6) is 0 Å². The first-order valence-corrected chi connectivity index (χ1v) is 4.11. The van der Waals surface area contributed by atoms with Gasteiger partial charge in [0.15, 0.2) is 0 Å². The van der Waals surface area contributed by atoms with Crippen molar-refractivity contribution in [2.75, 3.05) is 0 Å². The highest BCUT2D eigenvalue weighted by atomic mass is 19.4. The minimum Gasteiger partial charge on any atom is -0.324 e. The zero-order valence-corrected chi connectivity index (χ0v) is 7.89. The first-order chi connectivity index (χ1) is 6.32. The minimum atomic E-state index is -4.39. The summed E-state index contributed by atoms with van der Waals surface area (Å²) in [5, 5.41) is 0. The van der Waals surface area contributed by atoms with Crippen LogP contribution in [0, 0.1) is 6.92 Å². The Kier molecular flexibility index (Phi) is 2.80. The van der Waals surface area contributed by atoms with Gasteiger partial charge in [0.25, 0.3) is 0 Å². The summed E-state index contributed by atoms with van der Waals surface area (Å²) in [5.74, 6) is 0. The van der Waals surface area contributed by atoms with Gasteiger partial charge in [-0.15, -0.1) is 0 Å². The number of hydrogen-bond acceptors (Lipinski definition) is 2. The summed E-state index contributed by atoms with van der Waals surface area (Å²) >= 11 is 0. The van der Waals surface area contributed by atoms with Gasteiger partial charge >= 0.3 is 6.18 Å². The van der Waals surface area contributed by atoms with Gasteiger partial charge in [-0.2, -0.15) is 13.2 Å². The lowest BCUT2D eigenvalue weighted by Gasteiger charge is -2.11. The minimum absolute atomic E-state index is 0.301. The second-order valence-corrected chi connectivity index (χ2v) is 3.21. The monoisotopic (exact) mass is 204 g/mol. The molecule has 0 bridgehead atoms. The number of pyridine rings is 1. The molecule has 0 radical (unpaired) electrons. The Morgan fingerprint density at radius 2 is 2.00 bits per heavy atom. The van der Waals surface area contributed by atoms with Crippen molar-refractivity contribution in [3.05, 3.63) is 29.1 Å². The molecule has 1 unspecified atom stereocenters. The first kappa shape index (κ1) is 11.0. The molecule has 1 aromatic rings. The molecule has 1 heterocycles. The molecular weight excluding hydrogens is 193 g/mol. The number of aromatic nitrogens is 1. The number of aryl methyl sites for hydroxylation is 1. The van der Waals surface area contributed by atoms with Crippen LogP contribution < -0.4 is 5.73 Å². The maximum absolute atomic E-state index is 12.2. The molecule has 5 heteroatoms. The lowest BCUT2D eigenvalue weighted by molar-refractivity contribution is -0.141. The van der Waals surface area contributed by atoms with Crippen molar-refractivity contribution in [1.82, 2.24) is 4.98 Å². The summed E-state index contributed by atoms with van der Waals surface area (Å²) < 4.78 is 36.6. The van der Waals surface area contributed by atoms with E-state index in [0.717, 1.165) is 6.07 Å². The van der Waals surface area contributed by atoms with Crippen LogP contribution in [-0.2, 0) is 6.18 Å². The highest BCUT2D eigenvalue weighted by molar-refractivity contribution is 5.28. The van der Waals surface area contributed by atoms with E-state index in [1.165, 1.54) is 6.20 Å². The molecule has 14 heavy (non-hydrogen) atoms. The fourth-order valence-electron chi connectivity index (χ4n) is 1.20. The molecular formula is C9H11F3N2. The Bertz CT molecular complexity index is 331. The Morgan fingerprint density at radius 3 is 2.36 bits per heavy atom. The van der Waals surface area contributed by atoms with Crippen LogP contribution in [0.25, 0.3) is 0 Å². The molecule has 0 aliphatic rings. The highest BCUT2D eigenvalue weighted by Gasteiger charge is 2.32. The van der Waals surface area contributed by atoms with Crippen LogP contribution in [-0.4, -0.2) is 4.98 Å². The molecule has 2 N–H and O–H groups in total. The molecule has 0 saturated carbocycles. The van der Waals surface area contributed by atoms with Crippen molar-refractivity contribution >= 4 is 0 Å². The summed E-state index contributed by atoms with van der Waals surface area (Å²) in [6.07, 6.45) is -3.20. The lowest BCUT2D eigenvalue weighted by Crippen LogP contribution is -2.12. The molecule has 1 aromatic heterocycles. The van der Waals surface area contributed by atoms with Crippen molar-refractivity contribution < 1.29 is 13.2 Å². The summed E-state index contributed by atoms with van der Waals surface area (Å²) in [4.78, 5) is 3.33. The molecule has 78 valence electrons. The van der Waals surface area contributed by atoms with Crippen LogP contribution in [0.1, 0.15) is 29.8 Å². The lowest BCUT2D eigenvalue weighted by atomic mass is 10.1. The molecule has 0 fully saturated rings. The SMILES string of the molecule is Cc1cc(C(F)(F)F)ncc1C(C)N. The average Bonchev–Trinajstić information content (AvgIpc) is 2.01. The average molecular weight is 204 g/mol. The van der Waals surface area contributed by atoms with E-state index in [4.69, 9.17) is 5.73 Å². The Morgan fingerprint density at radius 1 is 1.43 bits per heavy atom. The quantitative estimate of drug-likeness (QED) is 0.763. The first-order valence-electron chi connectivity index (χ1n) is 4.11. The van der Waals surface area contributed by atoms with Gasteiger partial charge in [-0.3, -0.25) is 4.98 Å². The van der Waals surface area contributed by atoms with E-state index in [1.54, 1.807) is 13.8 Å². The largest absolute Gasteiger partial charge is 0.433 e. The summed E-state index contributed by atoms with van der Waals surface area (Å²) in [5.41, 5.74) is 5.83. The zero-order valence-electron chi connectivity index (χ0n) is 7.89. The van der Waals surface area contributed by atoms with Gasteiger partial charge in [0.05, 0.1) is 0 Å². The van der Waals surface area contributed by atoms with E-state index >= 15 is 0 Å². The van der Waals surface area contributed by atoms with Crippen molar-refractivity contribution in [2.45, 2.75) is 26.1 Å². The van der Waals surface area contributed by atoms with Crippen LogP contribution in [0.4, 0.5) is 13.2 Å². The summed E-state index contributed by atoms with van der Waals surface area (Å²) in [6, 6.07) is 0.711. The number of nitrogens with two attached hydrogens (primary N) is 1. The van der Waals surface area contributed by atoms with Crippen molar-refractivity contribution in [1.29, 1.82) is 0 Å². The van der Waals surface area contributed by atoms with Gasteiger partial charge in [-0.1, -0.05) is 0 Å². The number of hydrogen-bond donors (Lipinski definition) is 1. The van der Waals surface area contributed by atoms with E-state index in [2.05, 4.69) is 4.98 Å². The third-order valence-electron chi connectivity index (χ3n) is 1.93. The molecule has 0 amide bonds. The van der Waals surface area contributed by atoms with Crippen LogP contribution in [0.15, 0.2) is 12.3 Å². The summed E-state index contributed by atoms with van der Waals surface area (Å²) in [6.45, 7) is 3.30. The Hall–Kier alpha value is -1.10. The fraction of sp³-hybridized carbons (Fsp3) is 0.444. The van der Waals surface area contributed by atoms with Gasteiger partial charge in [0.1, 0.15) is 5.69 Å². The van der Waals surface area contributed by atoms with Gasteiger partial charge in [-0.25, -0.2) is 0 Å². The smallest absolute Gasteiger partial charge is 0.324 e. The van der Waals surface area contributed by atoms with E-state index in [1.807, 2.05) is 0 Å². The molecule has 0 saturated heterocycles. The van der Waals surface area contributed by atoms with E-state index in [-0.39, 0.29) is 6.04 Å². The summed E-state index contributed by atoms with van der Waals surface area (Å²) in [7, 11) is 0. The van der Waals surface area contributed by atoms with Gasteiger partial charge in [0, 0.05) is 12.2 Å². The Labute approximate surface area is 79.9 Å². The highest BCUT2D eigenvalue weighted by Crippen LogP contribution is 2.29. The number of alkyl halides is 3. The van der Waals surface area contributed by atoms with Crippen molar-refractivity contribution in [3.8, 4) is 0 Å². The third-order valence-corrected chi connectivity index (χ3v) is 1.93. The molecule has 1 atom stereocenters. The topological polar surface area (TPSA) is 38.9 Å². The standard InChI is InChI=1S/C9H11F3N2/c1-5-3-8(9(10,11)12)14-4-7(5)6(2)13/h3-4,6H,13H2,1-2H3. The predicted octanol–water partition coefficient (Wildman–Crippen LogP) is 2.43. The van der Waals surface area contributed by atoms with Gasteiger partial charge in [-0.05, 0) is 31.0 Å². The molecule has 0 spiro atoms. The van der Waals surface area contributed by atoms with E-state index in [0.29, 0.717) is 11.1 Å². The van der Waals surface area contributed by atoms with Crippen molar-refractivity contribution in [3.63, 3.8) is 0 Å². The fourth-order valence-corrected chi connectivity index (χ4v) is 1.20. The third kappa shape index (κ3) is 2.23. The molecule has 0 aromatic carbocycles. The maximum Gasteiger partial charge on any atom is 0.433 e. The molecule has 0 aliphatic heterocycles. The van der Waals surface area contributed by atoms with Crippen LogP contribution >= 0.6 is 0 Å². The van der Waals surface area contributed by atoms with Gasteiger partial charge < -0.3 is 5.73 Å². The van der Waals surface area contributed by atoms with E-state index in [9.17, 15) is 13.2 Å². The van der Waals surface area contributed by atoms with Crippen LogP contribution in [0.2, 0.25) is 0 Å². The predicted molar refractivity (Wildman–Crippen MR) is 46.6 cm³/mol. The number of nitrogens with zero attached hydrogens (tertiary/aromatic N) is 1. The zero-order chi connectivity index (χ0) is 10.9. The van der Waals surface area contributed by atoms with E-state index < -0.39 is 11.9 Å². The van der Waals surface area contributed by atoms with Gasteiger partial charge in [0.2, 0.25) is 0 Å².